The van der Waals surface area contributed by atoms with Gasteiger partial charge < -0.3 is 14.8 Å². The number of pyridine rings is 1. The monoisotopic (exact) mass is 328 g/mol. The highest BCUT2D eigenvalue weighted by atomic mass is 16.5. The Morgan fingerprint density at radius 1 is 1.21 bits per heavy atom. The van der Waals surface area contributed by atoms with E-state index in [0.29, 0.717) is 12.0 Å². The Kier molecular flexibility index (Phi) is 7.87. The van der Waals surface area contributed by atoms with Gasteiger partial charge in [0.2, 0.25) is 0 Å². The van der Waals surface area contributed by atoms with Crippen LogP contribution in [0.4, 0.5) is 4.79 Å². The molecule has 0 atom stereocenters. The Labute approximate surface area is 141 Å². The molecule has 1 N–H and O–H groups in total. The van der Waals surface area contributed by atoms with Gasteiger partial charge in [0.25, 0.3) is 0 Å². The van der Waals surface area contributed by atoms with Crippen molar-refractivity contribution in [2.45, 2.75) is 39.9 Å². The van der Waals surface area contributed by atoms with Crippen molar-refractivity contribution in [1.29, 1.82) is 0 Å². The van der Waals surface area contributed by atoms with Gasteiger partial charge in [-0.1, -0.05) is 5.92 Å². The number of carbonyl (C=O) groups is 2. The summed E-state index contributed by atoms with van der Waals surface area (Å²) in [5.41, 5.74) is 3.11. The number of carbonyl (C=O) groups excluding carboxylic acids is 2. The third-order valence-electron chi connectivity index (χ3n) is 3.34. The van der Waals surface area contributed by atoms with Gasteiger partial charge in [-0.15, -0.1) is 18.8 Å². The number of terminal acetylenes is 2. The van der Waals surface area contributed by atoms with Crippen molar-refractivity contribution >= 4 is 12.1 Å². The second kappa shape index (κ2) is 9.91. The van der Waals surface area contributed by atoms with Crippen LogP contribution < -0.4 is 5.32 Å². The van der Waals surface area contributed by atoms with E-state index in [4.69, 9.17) is 22.3 Å². The topological polar surface area (TPSA) is 77.5 Å². The van der Waals surface area contributed by atoms with E-state index in [1.807, 2.05) is 13.8 Å². The highest BCUT2D eigenvalue weighted by molar-refractivity contribution is 5.69. The van der Waals surface area contributed by atoms with E-state index in [-0.39, 0.29) is 32.1 Å². The number of nitrogens with zero attached hydrogens (tertiary/aromatic N) is 1. The Morgan fingerprint density at radius 2 is 1.96 bits per heavy atom. The molecular weight excluding hydrogens is 308 g/mol. The van der Waals surface area contributed by atoms with Gasteiger partial charge in [-0.2, -0.15) is 0 Å². The van der Waals surface area contributed by atoms with Crippen LogP contribution in [0.2, 0.25) is 0 Å². The molecule has 0 aliphatic heterocycles. The predicted molar refractivity (Wildman–Crippen MR) is 88.6 cm³/mol. The van der Waals surface area contributed by atoms with Crippen LogP contribution in [0.3, 0.4) is 0 Å². The molecule has 24 heavy (non-hydrogen) atoms. The summed E-state index contributed by atoms with van der Waals surface area (Å²) in [4.78, 5) is 27.3. The van der Waals surface area contributed by atoms with Crippen LogP contribution in [-0.2, 0) is 27.5 Å². The van der Waals surface area contributed by atoms with E-state index in [1.165, 1.54) is 0 Å². The lowest BCUT2D eigenvalue weighted by Gasteiger charge is -2.14. The zero-order chi connectivity index (χ0) is 17.9. The van der Waals surface area contributed by atoms with Crippen LogP contribution in [0.25, 0.3) is 0 Å². The number of aromatic nitrogens is 1. The zero-order valence-corrected chi connectivity index (χ0v) is 13.8. The Hall–Kier alpha value is -2.99. The van der Waals surface area contributed by atoms with Gasteiger partial charge in [-0.05, 0) is 19.4 Å². The smallest absolute Gasteiger partial charge is 0.408 e. The third-order valence-corrected chi connectivity index (χ3v) is 3.34. The predicted octanol–water partition coefficient (Wildman–Crippen LogP) is 2.01. The molecule has 1 rings (SSSR count). The van der Waals surface area contributed by atoms with E-state index in [0.717, 1.165) is 16.8 Å². The highest BCUT2D eigenvalue weighted by Gasteiger charge is 2.13. The van der Waals surface area contributed by atoms with Crippen LogP contribution in [0, 0.1) is 38.5 Å². The van der Waals surface area contributed by atoms with Crippen molar-refractivity contribution < 1.29 is 19.1 Å². The molecule has 0 aliphatic rings. The molecule has 0 aromatic carbocycles. The minimum Gasteiger partial charge on any atom is -0.461 e. The first-order chi connectivity index (χ1) is 11.5. The molecule has 0 bridgehead atoms. The first-order valence-electron chi connectivity index (χ1n) is 7.36. The first kappa shape index (κ1) is 19.1. The summed E-state index contributed by atoms with van der Waals surface area (Å²) in [6.07, 6.45) is 11.7. The van der Waals surface area contributed by atoms with Gasteiger partial charge >= 0.3 is 12.1 Å². The van der Waals surface area contributed by atoms with Crippen LogP contribution in [0.15, 0.2) is 6.20 Å². The number of hydrogen-bond acceptors (Lipinski definition) is 5. The van der Waals surface area contributed by atoms with Crippen molar-refractivity contribution in [3.63, 3.8) is 0 Å². The summed E-state index contributed by atoms with van der Waals surface area (Å²) in [5, 5.41) is 2.41. The molecule has 0 fully saturated rings. The lowest BCUT2D eigenvalue weighted by Crippen LogP contribution is -2.24. The molecule has 1 amide bonds. The fourth-order valence-corrected chi connectivity index (χ4v) is 1.85. The fraction of sp³-hybridized carbons (Fsp3) is 0.389. The van der Waals surface area contributed by atoms with E-state index in [1.54, 1.807) is 6.20 Å². The summed E-state index contributed by atoms with van der Waals surface area (Å²) >= 11 is 0. The fourth-order valence-electron chi connectivity index (χ4n) is 1.85. The standard InChI is InChI=1S/C18H20N2O4/c1-5-7-8-17(21)23-11-15-10-20-14(4)13(3)16(15)12-24-18(22)19-9-6-2/h1-2,10H,7-9,11-12H2,3-4H3,(H,19,22). The van der Waals surface area contributed by atoms with Crippen molar-refractivity contribution in [2.24, 2.45) is 0 Å². The molecule has 0 saturated carbocycles. The lowest BCUT2D eigenvalue weighted by atomic mass is 10.0. The summed E-state index contributed by atoms with van der Waals surface area (Å²) < 4.78 is 10.3. The second-order valence-electron chi connectivity index (χ2n) is 4.97. The van der Waals surface area contributed by atoms with E-state index < -0.39 is 6.09 Å². The number of hydrogen-bond donors (Lipinski definition) is 1. The molecule has 6 heteroatoms. The van der Waals surface area contributed by atoms with Crippen LogP contribution in [0.5, 0.6) is 0 Å². The molecule has 1 heterocycles. The van der Waals surface area contributed by atoms with Gasteiger partial charge in [0.05, 0.1) is 13.0 Å². The highest BCUT2D eigenvalue weighted by Crippen LogP contribution is 2.18. The van der Waals surface area contributed by atoms with Crippen LogP contribution in [0.1, 0.15) is 35.2 Å². The molecule has 1 aromatic heterocycles. The first-order valence-corrected chi connectivity index (χ1v) is 7.36. The Bertz CT molecular complexity index is 683. The normalized spacial score (nSPS) is 9.50. The molecule has 6 nitrogen and oxygen atoms in total. The zero-order valence-electron chi connectivity index (χ0n) is 13.8. The lowest BCUT2D eigenvalue weighted by molar-refractivity contribution is -0.144. The van der Waals surface area contributed by atoms with Gasteiger partial charge in [0.1, 0.15) is 13.2 Å². The van der Waals surface area contributed by atoms with E-state index in [9.17, 15) is 9.59 Å². The Morgan fingerprint density at radius 3 is 2.62 bits per heavy atom. The van der Waals surface area contributed by atoms with E-state index >= 15 is 0 Å². The quantitative estimate of drug-likeness (QED) is 0.612. The maximum atomic E-state index is 11.6. The SMILES string of the molecule is C#CCCC(=O)OCc1cnc(C)c(C)c1COC(=O)NCC#C. The average Bonchev–Trinajstić information content (AvgIpc) is 2.58. The second-order valence-corrected chi connectivity index (χ2v) is 4.97. The number of amides is 1. The molecular formula is C18H20N2O4. The maximum Gasteiger partial charge on any atom is 0.408 e. The summed E-state index contributed by atoms with van der Waals surface area (Å²) in [5.74, 6) is 4.28. The summed E-state index contributed by atoms with van der Waals surface area (Å²) in [6.45, 7) is 3.88. The number of nitrogens with one attached hydrogen (secondary N) is 1. The van der Waals surface area contributed by atoms with E-state index in [2.05, 4.69) is 22.1 Å². The van der Waals surface area contributed by atoms with Crippen LogP contribution in [-0.4, -0.2) is 23.6 Å². The van der Waals surface area contributed by atoms with Crippen LogP contribution >= 0.6 is 0 Å². The number of alkyl carbamates (subject to hydrolysis) is 1. The number of rotatable bonds is 7. The average molecular weight is 328 g/mol. The molecule has 1 aromatic rings. The van der Waals surface area contributed by atoms with Crippen molar-refractivity contribution in [2.75, 3.05) is 6.54 Å². The maximum absolute atomic E-state index is 11.6. The van der Waals surface area contributed by atoms with Crippen molar-refractivity contribution in [3.05, 3.63) is 28.6 Å². The molecule has 0 radical (unpaired) electrons. The van der Waals surface area contributed by atoms with Gasteiger partial charge in [-0.25, -0.2) is 4.79 Å². The minimum atomic E-state index is -0.612. The van der Waals surface area contributed by atoms with Crippen molar-refractivity contribution in [3.8, 4) is 24.7 Å². The summed E-state index contributed by atoms with van der Waals surface area (Å²) in [7, 11) is 0. The molecule has 0 unspecified atom stereocenters. The molecule has 0 aliphatic carbocycles. The molecule has 126 valence electrons. The molecule has 0 saturated heterocycles. The minimum absolute atomic E-state index is 0.0306. The van der Waals surface area contributed by atoms with Crippen molar-refractivity contribution in [1.82, 2.24) is 10.3 Å². The van der Waals surface area contributed by atoms with Gasteiger partial charge in [0.15, 0.2) is 0 Å². The van der Waals surface area contributed by atoms with Gasteiger partial charge in [-0.3, -0.25) is 9.78 Å². The largest absolute Gasteiger partial charge is 0.461 e. The number of esters is 1. The van der Waals surface area contributed by atoms with Gasteiger partial charge in [0, 0.05) is 29.4 Å². The number of ether oxygens (including phenoxy) is 2. The Balaban J connectivity index is 2.76. The summed E-state index contributed by atoms with van der Waals surface area (Å²) in [6, 6.07) is 0. The number of aryl methyl sites for hydroxylation is 1. The third kappa shape index (κ3) is 6.02. The molecule has 0 spiro atoms.